The molecule has 3 aliphatic rings. The van der Waals surface area contributed by atoms with Gasteiger partial charge >= 0.3 is 0 Å². The first kappa shape index (κ1) is 21.3. The standard InChI is InChI=1S/C23H36N4O3/c1-18-15-19(2)27(24-18)11-5-21(28)26-12-7-23(8-13-26)17-20(6-14-30-23)16-22(29)25-9-3-4-10-25/h15,20H,3-14,16-17H2,1-2H3. The molecule has 0 aliphatic carbocycles. The summed E-state index contributed by atoms with van der Waals surface area (Å²) in [6, 6.07) is 2.04. The number of hydrogen-bond acceptors (Lipinski definition) is 4. The Morgan fingerprint density at radius 3 is 2.47 bits per heavy atom. The minimum atomic E-state index is -0.138. The number of aryl methyl sites for hydroxylation is 3. The van der Waals surface area contributed by atoms with Crippen LogP contribution < -0.4 is 0 Å². The maximum Gasteiger partial charge on any atom is 0.224 e. The van der Waals surface area contributed by atoms with Crippen LogP contribution in [0.1, 0.15) is 62.8 Å². The summed E-state index contributed by atoms with van der Waals surface area (Å²) in [5.74, 6) is 0.945. The van der Waals surface area contributed by atoms with Crippen molar-refractivity contribution in [2.24, 2.45) is 5.92 Å². The predicted octanol–water partition coefficient (Wildman–Crippen LogP) is 2.69. The summed E-state index contributed by atoms with van der Waals surface area (Å²) < 4.78 is 8.16. The van der Waals surface area contributed by atoms with Crippen molar-refractivity contribution in [2.75, 3.05) is 32.8 Å². The van der Waals surface area contributed by atoms with Gasteiger partial charge in [-0.15, -0.1) is 0 Å². The Morgan fingerprint density at radius 1 is 1.10 bits per heavy atom. The lowest BCUT2D eigenvalue weighted by molar-refractivity contribution is -0.149. The molecule has 0 bridgehead atoms. The number of ether oxygens (including phenoxy) is 1. The van der Waals surface area contributed by atoms with Crippen LogP contribution >= 0.6 is 0 Å². The summed E-state index contributed by atoms with van der Waals surface area (Å²) in [6.07, 6.45) is 7.14. The van der Waals surface area contributed by atoms with Gasteiger partial charge in [0.15, 0.2) is 0 Å². The van der Waals surface area contributed by atoms with E-state index < -0.39 is 0 Å². The summed E-state index contributed by atoms with van der Waals surface area (Å²) in [7, 11) is 0. The Morgan fingerprint density at radius 2 is 1.80 bits per heavy atom. The van der Waals surface area contributed by atoms with E-state index in [1.165, 1.54) is 0 Å². The molecule has 0 N–H and O–H groups in total. The molecule has 1 aromatic heterocycles. The van der Waals surface area contributed by atoms with Crippen LogP contribution in [0.25, 0.3) is 0 Å². The van der Waals surface area contributed by atoms with Crippen molar-refractivity contribution < 1.29 is 14.3 Å². The van der Waals surface area contributed by atoms with E-state index in [9.17, 15) is 9.59 Å². The number of amides is 2. The van der Waals surface area contributed by atoms with Crippen molar-refractivity contribution in [1.29, 1.82) is 0 Å². The number of carbonyl (C=O) groups excluding carboxylic acids is 2. The molecule has 3 aliphatic heterocycles. The topological polar surface area (TPSA) is 67.7 Å². The fourth-order valence-corrected chi connectivity index (χ4v) is 5.42. The van der Waals surface area contributed by atoms with E-state index in [2.05, 4.69) is 5.10 Å². The summed E-state index contributed by atoms with van der Waals surface area (Å²) in [4.78, 5) is 29.3. The largest absolute Gasteiger partial charge is 0.375 e. The van der Waals surface area contributed by atoms with E-state index in [-0.39, 0.29) is 11.5 Å². The maximum absolute atomic E-state index is 12.7. The van der Waals surface area contributed by atoms with Crippen molar-refractivity contribution in [3.8, 4) is 0 Å². The molecule has 30 heavy (non-hydrogen) atoms. The number of nitrogens with zero attached hydrogens (tertiary/aromatic N) is 4. The molecule has 1 atom stereocenters. The number of piperidine rings is 1. The number of rotatable bonds is 5. The van der Waals surface area contributed by atoms with Crippen molar-refractivity contribution >= 4 is 11.8 Å². The van der Waals surface area contributed by atoms with Crippen LogP contribution in [0.4, 0.5) is 0 Å². The highest BCUT2D eigenvalue weighted by Gasteiger charge is 2.41. The minimum Gasteiger partial charge on any atom is -0.375 e. The van der Waals surface area contributed by atoms with Crippen LogP contribution in [0.5, 0.6) is 0 Å². The second-order valence-electron chi connectivity index (χ2n) is 9.46. The van der Waals surface area contributed by atoms with Crippen molar-refractivity contribution in [3.63, 3.8) is 0 Å². The van der Waals surface area contributed by atoms with Crippen molar-refractivity contribution in [3.05, 3.63) is 17.5 Å². The van der Waals surface area contributed by atoms with Crippen LogP contribution in [-0.4, -0.2) is 69.8 Å². The lowest BCUT2D eigenvalue weighted by atomic mass is 9.78. The second kappa shape index (κ2) is 9.08. The van der Waals surface area contributed by atoms with Crippen LogP contribution in [0, 0.1) is 19.8 Å². The van der Waals surface area contributed by atoms with E-state index in [4.69, 9.17) is 4.74 Å². The van der Waals surface area contributed by atoms with Gasteiger partial charge < -0.3 is 14.5 Å². The molecule has 4 heterocycles. The maximum atomic E-state index is 12.7. The Bertz CT molecular complexity index is 760. The summed E-state index contributed by atoms with van der Waals surface area (Å²) >= 11 is 0. The first-order valence-corrected chi connectivity index (χ1v) is 11.6. The van der Waals surface area contributed by atoms with Gasteiger partial charge in [-0.3, -0.25) is 14.3 Å². The molecule has 1 aromatic rings. The van der Waals surface area contributed by atoms with Crippen LogP contribution in [-0.2, 0) is 20.9 Å². The van der Waals surface area contributed by atoms with E-state index in [0.29, 0.717) is 31.2 Å². The molecular formula is C23H36N4O3. The Kier molecular flexibility index (Phi) is 6.46. The van der Waals surface area contributed by atoms with Crippen molar-refractivity contribution in [1.82, 2.24) is 19.6 Å². The fourth-order valence-electron chi connectivity index (χ4n) is 5.42. The van der Waals surface area contributed by atoms with Gasteiger partial charge in [-0.25, -0.2) is 0 Å². The third kappa shape index (κ3) is 4.88. The first-order valence-electron chi connectivity index (χ1n) is 11.6. The molecule has 2 amide bonds. The van der Waals surface area contributed by atoms with Gasteiger partial charge in [0.25, 0.3) is 0 Å². The van der Waals surface area contributed by atoms with Gasteiger partial charge in [0, 0.05) is 57.9 Å². The molecule has 0 aromatic carbocycles. The fraction of sp³-hybridized carbons (Fsp3) is 0.783. The average molecular weight is 417 g/mol. The zero-order chi connectivity index (χ0) is 21.1. The molecule has 1 spiro atoms. The van der Waals surface area contributed by atoms with Gasteiger partial charge in [0.1, 0.15) is 0 Å². The third-order valence-corrected chi connectivity index (χ3v) is 7.19. The highest BCUT2D eigenvalue weighted by Crippen LogP contribution is 2.39. The third-order valence-electron chi connectivity index (χ3n) is 7.19. The van der Waals surface area contributed by atoms with Gasteiger partial charge in [-0.1, -0.05) is 0 Å². The lowest BCUT2D eigenvalue weighted by Crippen LogP contribution is -2.51. The lowest BCUT2D eigenvalue weighted by Gasteiger charge is -2.46. The van der Waals surface area contributed by atoms with Gasteiger partial charge in [-0.2, -0.15) is 5.10 Å². The Balaban J connectivity index is 1.25. The second-order valence-corrected chi connectivity index (χ2v) is 9.46. The Hall–Kier alpha value is -1.89. The van der Waals surface area contributed by atoms with E-state index >= 15 is 0 Å². The van der Waals surface area contributed by atoms with E-state index in [1.54, 1.807) is 0 Å². The van der Waals surface area contributed by atoms with E-state index in [1.807, 2.05) is 34.4 Å². The average Bonchev–Trinajstić information content (AvgIpc) is 3.36. The number of hydrogen-bond donors (Lipinski definition) is 0. The summed E-state index contributed by atoms with van der Waals surface area (Å²) in [5.41, 5.74) is 1.95. The summed E-state index contributed by atoms with van der Waals surface area (Å²) in [5, 5.41) is 4.45. The number of aromatic nitrogens is 2. The smallest absolute Gasteiger partial charge is 0.224 e. The van der Waals surface area contributed by atoms with E-state index in [0.717, 1.165) is 82.7 Å². The predicted molar refractivity (Wildman–Crippen MR) is 114 cm³/mol. The molecule has 7 heteroatoms. The van der Waals surface area contributed by atoms with Crippen molar-refractivity contribution in [2.45, 2.75) is 77.4 Å². The molecule has 3 fully saturated rings. The molecule has 4 rings (SSSR count). The molecule has 7 nitrogen and oxygen atoms in total. The van der Waals surface area contributed by atoms with Crippen LogP contribution in [0.2, 0.25) is 0 Å². The molecule has 0 radical (unpaired) electrons. The Labute approximate surface area is 179 Å². The molecule has 0 saturated carbocycles. The van der Waals surface area contributed by atoms with Crippen LogP contribution in [0.15, 0.2) is 6.07 Å². The highest BCUT2D eigenvalue weighted by atomic mass is 16.5. The SMILES string of the molecule is Cc1cc(C)n(CCC(=O)N2CCC3(CC2)CC(CC(=O)N2CCCC2)CCO3)n1. The zero-order valence-corrected chi connectivity index (χ0v) is 18.6. The van der Waals surface area contributed by atoms with Gasteiger partial charge in [0.2, 0.25) is 11.8 Å². The number of carbonyl (C=O) groups is 2. The molecule has 1 unspecified atom stereocenters. The summed E-state index contributed by atoms with van der Waals surface area (Å²) in [6.45, 7) is 8.75. The highest BCUT2D eigenvalue weighted by molar-refractivity contribution is 5.77. The monoisotopic (exact) mass is 416 g/mol. The quantitative estimate of drug-likeness (QED) is 0.740. The molecule has 3 saturated heterocycles. The normalized spacial score (nSPS) is 23.9. The van der Waals surface area contributed by atoms with Crippen LogP contribution in [0.3, 0.4) is 0 Å². The molecule has 166 valence electrons. The van der Waals surface area contributed by atoms with Gasteiger partial charge in [-0.05, 0) is 64.4 Å². The zero-order valence-electron chi connectivity index (χ0n) is 18.6. The number of likely N-dealkylation sites (tertiary alicyclic amines) is 2. The van der Waals surface area contributed by atoms with Gasteiger partial charge in [0.05, 0.1) is 11.3 Å². The first-order chi connectivity index (χ1) is 14.4. The molecular weight excluding hydrogens is 380 g/mol. The minimum absolute atomic E-state index is 0.138.